The highest BCUT2D eigenvalue weighted by molar-refractivity contribution is 6.00. The molecule has 41 heavy (non-hydrogen) atoms. The lowest BCUT2D eigenvalue weighted by Gasteiger charge is -2.36. The van der Waals surface area contributed by atoms with Crippen LogP contribution in [-0.2, 0) is 9.53 Å². The van der Waals surface area contributed by atoms with Gasteiger partial charge in [-0.1, -0.05) is 36.9 Å². The third-order valence-corrected chi connectivity index (χ3v) is 6.98. The van der Waals surface area contributed by atoms with Crippen molar-refractivity contribution < 1.29 is 22.7 Å². The van der Waals surface area contributed by atoms with Crippen LogP contribution in [0.1, 0.15) is 0 Å². The molecular formula is C30H29F3N6O2. The Morgan fingerprint density at radius 2 is 1.73 bits per heavy atom. The first kappa shape index (κ1) is 28.1. The van der Waals surface area contributed by atoms with Gasteiger partial charge in [-0.15, -0.1) is 0 Å². The zero-order chi connectivity index (χ0) is 28.9. The first-order valence-corrected chi connectivity index (χ1v) is 13.1. The van der Waals surface area contributed by atoms with Gasteiger partial charge in [0.15, 0.2) is 17.5 Å². The maximum atomic E-state index is 15.4. The number of methoxy groups -OCH3 is 1. The minimum absolute atomic E-state index is 0.00849. The van der Waals surface area contributed by atoms with Crippen LogP contribution < -0.4 is 15.5 Å². The Morgan fingerprint density at radius 1 is 0.976 bits per heavy atom. The summed E-state index contributed by atoms with van der Waals surface area (Å²) in [5.74, 6) is -3.18. The van der Waals surface area contributed by atoms with Crippen LogP contribution in [0.5, 0.6) is 0 Å². The van der Waals surface area contributed by atoms with Crippen LogP contribution in [0.25, 0.3) is 22.0 Å². The molecule has 1 saturated heterocycles. The number of carbonyl (C=O) groups excluding carboxylic acids is 1. The minimum atomic E-state index is -1.04. The molecule has 0 radical (unpaired) electrons. The van der Waals surface area contributed by atoms with Gasteiger partial charge in [-0.3, -0.25) is 9.69 Å². The fourth-order valence-electron chi connectivity index (χ4n) is 4.79. The van der Waals surface area contributed by atoms with Crippen LogP contribution in [0.3, 0.4) is 0 Å². The number of piperazine rings is 1. The summed E-state index contributed by atoms with van der Waals surface area (Å²) in [4.78, 5) is 24.5. The molecule has 1 amide bonds. The average Bonchev–Trinajstić information content (AvgIpc) is 2.99. The number of para-hydroxylation sites is 1. The second-order valence-electron chi connectivity index (χ2n) is 9.50. The maximum Gasteiger partial charge on any atom is 0.247 e. The summed E-state index contributed by atoms with van der Waals surface area (Å²) < 4.78 is 50.9. The first-order valence-electron chi connectivity index (χ1n) is 13.1. The Morgan fingerprint density at radius 3 is 2.49 bits per heavy atom. The highest BCUT2D eigenvalue weighted by Crippen LogP contribution is 2.34. The van der Waals surface area contributed by atoms with Crippen molar-refractivity contribution in [1.29, 1.82) is 0 Å². The predicted molar refractivity (Wildman–Crippen MR) is 154 cm³/mol. The van der Waals surface area contributed by atoms with Gasteiger partial charge in [-0.2, -0.15) is 0 Å². The molecule has 1 aromatic heterocycles. The van der Waals surface area contributed by atoms with E-state index >= 15 is 13.2 Å². The van der Waals surface area contributed by atoms with Crippen LogP contribution in [-0.4, -0.2) is 67.2 Å². The predicted octanol–water partition coefficient (Wildman–Crippen LogP) is 5.35. The summed E-state index contributed by atoms with van der Waals surface area (Å²) in [7, 11) is 1.65. The summed E-state index contributed by atoms with van der Waals surface area (Å²) in [6, 6.07) is 12.8. The number of halogens is 3. The van der Waals surface area contributed by atoms with Crippen LogP contribution in [0.15, 0.2) is 67.4 Å². The van der Waals surface area contributed by atoms with E-state index in [2.05, 4.69) is 32.1 Å². The van der Waals surface area contributed by atoms with Crippen LogP contribution in [0.4, 0.5) is 36.2 Å². The van der Waals surface area contributed by atoms with E-state index in [0.29, 0.717) is 36.2 Å². The molecule has 4 aromatic rings. The van der Waals surface area contributed by atoms with E-state index < -0.39 is 23.4 Å². The first-order chi connectivity index (χ1) is 19.9. The largest absolute Gasteiger partial charge is 0.383 e. The Hall–Kier alpha value is -4.48. The zero-order valence-corrected chi connectivity index (χ0v) is 22.5. The number of ether oxygens (including phenoxy) is 1. The molecule has 0 unspecified atom stereocenters. The molecule has 0 spiro atoms. The Balaban J connectivity index is 1.40. The van der Waals surface area contributed by atoms with E-state index in [1.54, 1.807) is 37.4 Å². The summed E-state index contributed by atoms with van der Waals surface area (Å²) in [5.41, 5.74) is 1.09. The third-order valence-electron chi connectivity index (χ3n) is 6.98. The monoisotopic (exact) mass is 562 g/mol. The third kappa shape index (κ3) is 6.01. The van der Waals surface area contributed by atoms with E-state index in [1.807, 2.05) is 4.90 Å². The molecule has 0 aliphatic carbocycles. The number of amides is 1. The van der Waals surface area contributed by atoms with E-state index in [4.69, 9.17) is 4.74 Å². The molecule has 1 aliphatic heterocycles. The summed E-state index contributed by atoms with van der Waals surface area (Å²) in [6.07, 6.45) is 2.56. The van der Waals surface area contributed by atoms with Crippen LogP contribution in [0.2, 0.25) is 0 Å². The van der Waals surface area contributed by atoms with Crippen LogP contribution in [0, 0.1) is 17.5 Å². The average molecular weight is 563 g/mol. The van der Waals surface area contributed by atoms with Gasteiger partial charge < -0.3 is 20.3 Å². The Bertz CT molecular complexity index is 1590. The lowest BCUT2D eigenvalue weighted by molar-refractivity contribution is -0.111. The van der Waals surface area contributed by atoms with Crippen molar-refractivity contribution in [2.24, 2.45) is 0 Å². The van der Waals surface area contributed by atoms with E-state index in [1.165, 1.54) is 24.4 Å². The molecule has 5 rings (SSSR count). The number of nitrogens with one attached hydrogen (secondary N) is 2. The molecule has 8 nitrogen and oxygen atoms in total. The van der Waals surface area contributed by atoms with Gasteiger partial charge in [0.2, 0.25) is 11.9 Å². The fraction of sp³-hybridized carbons (Fsp3) is 0.233. The lowest BCUT2D eigenvalue weighted by Crippen LogP contribution is -2.47. The number of rotatable bonds is 9. The van der Waals surface area contributed by atoms with Gasteiger partial charge in [0.25, 0.3) is 0 Å². The molecule has 0 atom stereocenters. The van der Waals surface area contributed by atoms with Gasteiger partial charge >= 0.3 is 0 Å². The Labute approximate surface area is 235 Å². The highest BCUT2D eigenvalue weighted by Gasteiger charge is 2.23. The quantitative estimate of drug-likeness (QED) is 0.266. The smallest absolute Gasteiger partial charge is 0.247 e. The number of anilines is 4. The standard InChI is InChI=1S/C30H29F3N6O2/c1-3-25(40)35-22-9-5-7-20(26(22)31)21-8-4-6-19-18-34-30(37-29(19)21)36-23-10-11-24(28(33)27(23)32)39-14-12-38(13-15-39)16-17-41-2/h3-11,18H,1,12-17H2,2H3,(H,35,40)(H,34,36,37). The SMILES string of the molecule is C=CC(=O)Nc1cccc(-c2cccc3cnc(Nc4ccc(N5CCN(CCOC)CC5)c(F)c4F)nc23)c1F. The van der Waals surface area contributed by atoms with E-state index in [9.17, 15) is 4.79 Å². The number of benzene rings is 3. The van der Waals surface area contributed by atoms with E-state index in [0.717, 1.165) is 25.7 Å². The fourth-order valence-corrected chi connectivity index (χ4v) is 4.79. The number of fused-ring (bicyclic) bond motifs is 1. The molecule has 2 heterocycles. The minimum Gasteiger partial charge on any atom is -0.383 e. The molecule has 1 fully saturated rings. The van der Waals surface area contributed by atoms with Gasteiger partial charge in [-0.25, -0.2) is 23.1 Å². The topological polar surface area (TPSA) is 82.6 Å². The van der Waals surface area contributed by atoms with Crippen molar-refractivity contribution in [1.82, 2.24) is 14.9 Å². The van der Waals surface area contributed by atoms with Crippen molar-refractivity contribution in [3.8, 4) is 11.1 Å². The molecule has 1 aliphatic rings. The zero-order valence-electron chi connectivity index (χ0n) is 22.5. The Kier molecular flexibility index (Phi) is 8.46. The van der Waals surface area contributed by atoms with Gasteiger partial charge in [0.05, 0.1) is 29.2 Å². The highest BCUT2D eigenvalue weighted by atomic mass is 19.2. The van der Waals surface area contributed by atoms with Crippen molar-refractivity contribution in [2.45, 2.75) is 0 Å². The summed E-state index contributed by atoms with van der Waals surface area (Å²) in [6.45, 7) is 7.39. The van der Waals surface area contributed by atoms with Crippen LogP contribution >= 0.6 is 0 Å². The second kappa shape index (κ2) is 12.4. The number of hydrogen-bond donors (Lipinski definition) is 2. The normalized spacial score (nSPS) is 13.8. The molecule has 11 heteroatoms. The molecule has 212 valence electrons. The van der Waals surface area contributed by atoms with Crippen molar-refractivity contribution >= 4 is 39.8 Å². The van der Waals surface area contributed by atoms with Gasteiger partial charge in [-0.05, 0) is 24.3 Å². The molecule has 3 aromatic carbocycles. The second-order valence-corrected chi connectivity index (χ2v) is 9.50. The number of carbonyl (C=O) groups is 1. The summed E-state index contributed by atoms with van der Waals surface area (Å²) >= 11 is 0. The van der Waals surface area contributed by atoms with Crippen molar-refractivity contribution in [3.63, 3.8) is 0 Å². The number of nitrogens with zero attached hydrogens (tertiary/aromatic N) is 4. The van der Waals surface area contributed by atoms with Crippen molar-refractivity contribution in [2.75, 3.05) is 62.0 Å². The van der Waals surface area contributed by atoms with Gasteiger partial charge in [0.1, 0.15) is 0 Å². The summed E-state index contributed by atoms with van der Waals surface area (Å²) in [5, 5.41) is 5.82. The molecule has 0 bridgehead atoms. The van der Waals surface area contributed by atoms with Crippen molar-refractivity contribution in [3.05, 3.63) is 84.8 Å². The molecule has 2 N–H and O–H groups in total. The lowest BCUT2D eigenvalue weighted by atomic mass is 10.0. The number of aromatic nitrogens is 2. The van der Waals surface area contributed by atoms with Gasteiger partial charge in [0, 0.05) is 62.5 Å². The van der Waals surface area contributed by atoms with E-state index in [-0.39, 0.29) is 28.6 Å². The maximum absolute atomic E-state index is 15.4. The molecular weight excluding hydrogens is 533 g/mol. The number of hydrogen-bond acceptors (Lipinski definition) is 7. The molecule has 0 saturated carbocycles.